The molecule has 37 heavy (non-hydrogen) atoms. The summed E-state index contributed by atoms with van der Waals surface area (Å²) in [5.41, 5.74) is 5.01. The zero-order valence-corrected chi connectivity index (χ0v) is 23.4. The number of benzene rings is 4. The topological polar surface area (TPSA) is 38.8 Å². The van der Waals surface area contributed by atoms with Gasteiger partial charge < -0.3 is 9.47 Å². The summed E-state index contributed by atoms with van der Waals surface area (Å²) in [6.45, 7) is 8.71. The summed E-state index contributed by atoms with van der Waals surface area (Å²) in [6.07, 6.45) is -0.357. The predicted octanol–water partition coefficient (Wildman–Crippen LogP) is 9.45. The van der Waals surface area contributed by atoms with Crippen molar-refractivity contribution in [1.29, 1.82) is 0 Å². The Bertz CT molecular complexity index is 1240. The van der Waals surface area contributed by atoms with E-state index in [9.17, 15) is 4.79 Å². The van der Waals surface area contributed by atoms with Crippen molar-refractivity contribution in [3.8, 4) is 16.9 Å². The number of hydrogen-bond acceptors (Lipinski definition) is 3. The molecule has 0 spiro atoms. The van der Waals surface area contributed by atoms with E-state index in [4.69, 9.17) is 9.47 Å². The lowest BCUT2D eigenvalue weighted by atomic mass is 10.0. The molecule has 0 radical (unpaired) electrons. The maximum Gasteiger partial charge on any atom is 0.415 e. The minimum atomic E-state index is -0.357. The molecule has 1 atom stereocenters. The highest BCUT2D eigenvalue weighted by Gasteiger charge is 2.37. The van der Waals surface area contributed by atoms with E-state index in [1.165, 1.54) is 0 Å². The first-order chi connectivity index (χ1) is 18.2. The molecular formula is C32H34BrNO3. The number of ether oxygens (including phenoxy) is 2. The van der Waals surface area contributed by atoms with Gasteiger partial charge in [-0.05, 0) is 41.0 Å². The van der Waals surface area contributed by atoms with Gasteiger partial charge in [-0.3, -0.25) is 4.90 Å². The number of hydrogen-bond donors (Lipinski definition) is 0. The molecule has 4 aromatic rings. The van der Waals surface area contributed by atoms with Crippen molar-refractivity contribution in [2.45, 2.75) is 40.3 Å². The molecule has 5 rings (SSSR count). The van der Waals surface area contributed by atoms with Crippen LogP contribution in [0.2, 0.25) is 0 Å². The largest absolute Gasteiger partial charge is 0.488 e. The Morgan fingerprint density at radius 3 is 2.05 bits per heavy atom. The minimum Gasteiger partial charge on any atom is -0.488 e. The van der Waals surface area contributed by atoms with Crippen LogP contribution in [0, 0.1) is 0 Å². The third-order valence-electron chi connectivity index (χ3n) is 5.70. The maximum absolute atomic E-state index is 12.7. The SMILES string of the molecule is CC.CC.O=C1OCC(c2ccc(Br)cc2OCc2ccccc2)N1c1ccc(-c2ccccc2)cc1. The van der Waals surface area contributed by atoms with Crippen molar-refractivity contribution in [2.75, 3.05) is 11.5 Å². The number of rotatable bonds is 6. The van der Waals surface area contributed by atoms with Gasteiger partial charge in [0.15, 0.2) is 0 Å². The Balaban J connectivity index is 0.000000907. The fourth-order valence-corrected chi connectivity index (χ4v) is 4.36. The molecule has 0 bridgehead atoms. The number of anilines is 1. The van der Waals surface area contributed by atoms with Crippen LogP contribution in [0.25, 0.3) is 11.1 Å². The summed E-state index contributed by atoms with van der Waals surface area (Å²) in [5.74, 6) is 0.724. The second-order valence-corrected chi connectivity index (χ2v) is 8.75. The molecule has 0 aromatic heterocycles. The van der Waals surface area contributed by atoms with Crippen LogP contribution in [-0.4, -0.2) is 12.7 Å². The van der Waals surface area contributed by atoms with Gasteiger partial charge >= 0.3 is 6.09 Å². The molecule has 4 nitrogen and oxygen atoms in total. The van der Waals surface area contributed by atoms with Crippen molar-refractivity contribution >= 4 is 27.7 Å². The standard InChI is InChI=1S/C28H22BrNO3.2C2H6/c29-23-13-16-25(27(17-23)32-18-20-7-3-1-4-8-20)26-19-33-28(31)30(26)24-14-11-22(12-15-24)21-9-5-2-6-10-21;2*1-2/h1-17,26H,18-19H2;2*1-2H3. The zero-order valence-electron chi connectivity index (χ0n) is 21.9. The van der Waals surface area contributed by atoms with Crippen LogP contribution in [0.3, 0.4) is 0 Å². The lowest BCUT2D eigenvalue weighted by molar-refractivity contribution is 0.178. The summed E-state index contributed by atoms with van der Waals surface area (Å²) in [7, 11) is 0. The molecule has 0 N–H and O–H groups in total. The second kappa shape index (κ2) is 14.2. The smallest absolute Gasteiger partial charge is 0.415 e. The van der Waals surface area contributed by atoms with Gasteiger partial charge in [0.25, 0.3) is 0 Å². The summed E-state index contributed by atoms with van der Waals surface area (Å²) in [4.78, 5) is 14.4. The quantitative estimate of drug-likeness (QED) is 0.236. The van der Waals surface area contributed by atoms with E-state index in [1.54, 1.807) is 4.90 Å². The van der Waals surface area contributed by atoms with E-state index < -0.39 is 0 Å². The van der Waals surface area contributed by atoms with Gasteiger partial charge in [-0.15, -0.1) is 0 Å². The van der Waals surface area contributed by atoms with Gasteiger partial charge in [0.05, 0.1) is 0 Å². The van der Waals surface area contributed by atoms with Gasteiger partial charge in [0.2, 0.25) is 0 Å². The van der Waals surface area contributed by atoms with Gasteiger partial charge in [-0.1, -0.05) is 122 Å². The normalized spacial score (nSPS) is 14.0. The fraction of sp³-hybridized carbons (Fsp3) is 0.219. The number of halogens is 1. The Labute approximate surface area is 229 Å². The Hall–Kier alpha value is -3.57. The highest BCUT2D eigenvalue weighted by atomic mass is 79.9. The van der Waals surface area contributed by atoms with Crippen LogP contribution in [-0.2, 0) is 11.3 Å². The summed E-state index contributed by atoms with van der Waals surface area (Å²) >= 11 is 3.54. The average Bonchev–Trinajstić information content (AvgIpc) is 3.36. The average molecular weight is 561 g/mol. The van der Waals surface area contributed by atoms with Crippen LogP contribution in [0.4, 0.5) is 10.5 Å². The highest BCUT2D eigenvalue weighted by molar-refractivity contribution is 9.10. The molecule has 1 heterocycles. The van der Waals surface area contributed by atoms with Crippen LogP contribution in [0.1, 0.15) is 44.9 Å². The first-order valence-electron chi connectivity index (χ1n) is 12.8. The summed E-state index contributed by atoms with van der Waals surface area (Å²) in [6, 6.07) is 33.8. The molecule has 0 saturated carbocycles. The third kappa shape index (κ3) is 7.01. The number of cyclic esters (lactones) is 1. The number of amides is 1. The molecular weight excluding hydrogens is 526 g/mol. The van der Waals surface area contributed by atoms with Gasteiger partial charge in [-0.25, -0.2) is 4.79 Å². The van der Waals surface area contributed by atoms with Gasteiger partial charge in [0.1, 0.15) is 25.0 Å². The lowest BCUT2D eigenvalue weighted by Gasteiger charge is -2.24. The molecule has 4 aromatic carbocycles. The van der Waals surface area contributed by atoms with E-state index in [-0.39, 0.29) is 18.7 Å². The molecule has 1 fully saturated rings. The van der Waals surface area contributed by atoms with Gasteiger partial charge in [0, 0.05) is 15.7 Å². The minimum absolute atomic E-state index is 0.266. The van der Waals surface area contributed by atoms with Gasteiger partial charge in [-0.2, -0.15) is 0 Å². The van der Waals surface area contributed by atoms with Crippen molar-refractivity contribution in [3.05, 3.63) is 119 Å². The third-order valence-corrected chi connectivity index (χ3v) is 6.19. The fourth-order valence-electron chi connectivity index (χ4n) is 4.02. The lowest BCUT2D eigenvalue weighted by Crippen LogP contribution is -2.27. The first kappa shape index (κ1) is 28.0. The Kier molecular flexibility index (Phi) is 10.8. The summed E-state index contributed by atoms with van der Waals surface area (Å²) < 4.78 is 12.6. The van der Waals surface area contributed by atoms with E-state index in [1.807, 2.05) is 119 Å². The number of carbonyl (C=O) groups excluding carboxylic acids is 1. The van der Waals surface area contributed by atoms with Crippen LogP contribution in [0.15, 0.2) is 108 Å². The van der Waals surface area contributed by atoms with Crippen LogP contribution >= 0.6 is 15.9 Å². The van der Waals surface area contributed by atoms with E-state index in [0.29, 0.717) is 6.61 Å². The van der Waals surface area contributed by atoms with Crippen molar-refractivity contribution in [2.24, 2.45) is 0 Å². The van der Waals surface area contributed by atoms with E-state index >= 15 is 0 Å². The van der Waals surface area contributed by atoms with Crippen molar-refractivity contribution < 1.29 is 14.3 Å². The predicted molar refractivity (Wildman–Crippen MR) is 156 cm³/mol. The molecule has 5 heteroatoms. The monoisotopic (exact) mass is 559 g/mol. The molecule has 1 aliphatic rings. The number of carbonyl (C=O) groups is 1. The highest BCUT2D eigenvalue weighted by Crippen LogP contribution is 2.39. The van der Waals surface area contributed by atoms with Crippen LogP contribution < -0.4 is 9.64 Å². The molecule has 0 aliphatic carbocycles. The zero-order chi connectivity index (χ0) is 26.6. The molecule has 1 amide bonds. The maximum atomic E-state index is 12.7. The summed E-state index contributed by atoms with van der Waals surface area (Å²) in [5, 5.41) is 0. The van der Waals surface area contributed by atoms with Crippen LogP contribution in [0.5, 0.6) is 5.75 Å². The molecule has 1 unspecified atom stereocenters. The molecule has 1 saturated heterocycles. The van der Waals surface area contributed by atoms with Crippen molar-refractivity contribution in [1.82, 2.24) is 0 Å². The first-order valence-corrected chi connectivity index (χ1v) is 13.6. The van der Waals surface area contributed by atoms with E-state index in [0.717, 1.165) is 38.2 Å². The second-order valence-electron chi connectivity index (χ2n) is 7.83. The van der Waals surface area contributed by atoms with E-state index in [2.05, 4.69) is 28.1 Å². The molecule has 192 valence electrons. The Morgan fingerprint density at radius 2 is 1.41 bits per heavy atom. The van der Waals surface area contributed by atoms with Crippen molar-refractivity contribution in [3.63, 3.8) is 0 Å². The number of nitrogens with zero attached hydrogens (tertiary/aromatic N) is 1. The molecule has 1 aliphatic heterocycles. The Morgan fingerprint density at radius 1 is 0.811 bits per heavy atom.